The van der Waals surface area contributed by atoms with Gasteiger partial charge in [0.1, 0.15) is 6.61 Å². The van der Waals surface area contributed by atoms with E-state index in [4.69, 9.17) is 27.9 Å². The lowest BCUT2D eigenvalue weighted by atomic mass is 9.94. The van der Waals surface area contributed by atoms with E-state index in [-0.39, 0.29) is 59.5 Å². The average Bonchev–Trinajstić information content (AvgIpc) is 3.22. The fraction of sp³-hybridized carbons (Fsp3) is 0.474. The molecule has 2 aromatic rings. The standard InChI is InChI=1S/C19H18Cl2F3N5O4/c1-33-8-14(30)28-4-2-9(3-5-28)15(31)27-18(19(22,23)24)16(32)26-17-25-12-6-10(20)11(21)7-13(12)29(17)18/h6-7,9H,2-5,8H2,1H3,(H,27,31)(H,25,26,32). The number of likely N-dealkylation sites (tertiary alicyclic amines) is 1. The van der Waals surface area contributed by atoms with Crippen molar-refractivity contribution >= 4 is 57.9 Å². The Bertz CT molecular complexity index is 1150. The first-order valence-electron chi connectivity index (χ1n) is 9.84. The number of amides is 3. The second-order valence-electron chi connectivity index (χ2n) is 7.77. The SMILES string of the molecule is COCC(=O)N1CCC(C(=O)NC2(C(F)(F)F)C(=O)Nc3nc4cc(Cl)c(Cl)cc4n32)CC1. The van der Waals surface area contributed by atoms with E-state index < -0.39 is 35.5 Å². The Hall–Kier alpha value is -2.57. The van der Waals surface area contributed by atoms with E-state index in [2.05, 4.69) is 10.3 Å². The topological polar surface area (TPSA) is 106 Å². The number of alkyl halides is 3. The van der Waals surface area contributed by atoms with Gasteiger partial charge in [0, 0.05) is 26.1 Å². The third-order valence-corrected chi connectivity index (χ3v) is 6.51. The molecule has 0 saturated carbocycles. The Morgan fingerprint density at radius 2 is 1.91 bits per heavy atom. The molecule has 0 spiro atoms. The Morgan fingerprint density at radius 1 is 1.27 bits per heavy atom. The van der Waals surface area contributed by atoms with Crippen molar-refractivity contribution in [3.05, 3.63) is 22.2 Å². The second kappa shape index (κ2) is 8.33. The monoisotopic (exact) mass is 507 g/mol. The molecule has 4 rings (SSSR count). The summed E-state index contributed by atoms with van der Waals surface area (Å²) in [6.45, 7) is 0.231. The molecule has 0 radical (unpaired) electrons. The Balaban J connectivity index is 1.67. The summed E-state index contributed by atoms with van der Waals surface area (Å²) in [6, 6.07) is 2.43. The van der Waals surface area contributed by atoms with E-state index in [1.165, 1.54) is 18.1 Å². The number of hydrogen-bond acceptors (Lipinski definition) is 5. The van der Waals surface area contributed by atoms with E-state index in [9.17, 15) is 27.6 Å². The van der Waals surface area contributed by atoms with Crippen molar-refractivity contribution in [2.45, 2.75) is 24.7 Å². The summed E-state index contributed by atoms with van der Waals surface area (Å²) in [5.74, 6) is -3.96. The fourth-order valence-corrected chi connectivity index (χ4v) is 4.43. The molecule has 9 nitrogen and oxygen atoms in total. The van der Waals surface area contributed by atoms with Crippen molar-refractivity contribution in [2.75, 3.05) is 32.1 Å². The summed E-state index contributed by atoms with van der Waals surface area (Å²) in [4.78, 5) is 43.0. The maximum Gasteiger partial charge on any atom is 0.440 e. The van der Waals surface area contributed by atoms with Crippen LogP contribution in [0.5, 0.6) is 0 Å². The summed E-state index contributed by atoms with van der Waals surface area (Å²) in [5.41, 5.74) is -3.49. The lowest BCUT2D eigenvalue weighted by molar-refractivity contribution is -0.218. The van der Waals surface area contributed by atoms with E-state index in [1.54, 1.807) is 0 Å². The molecule has 14 heteroatoms. The van der Waals surface area contributed by atoms with Crippen LogP contribution in [0, 0.1) is 5.92 Å². The quantitative estimate of drug-likeness (QED) is 0.661. The molecule has 2 aliphatic heterocycles. The minimum Gasteiger partial charge on any atom is -0.375 e. The number of hydrogen-bond donors (Lipinski definition) is 2. The van der Waals surface area contributed by atoms with Crippen LogP contribution in [0.3, 0.4) is 0 Å². The number of anilines is 1. The lowest BCUT2D eigenvalue weighted by Crippen LogP contribution is -2.64. The number of benzene rings is 1. The van der Waals surface area contributed by atoms with Crippen molar-refractivity contribution in [3.63, 3.8) is 0 Å². The van der Waals surface area contributed by atoms with Gasteiger partial charge in [0.05, 0.1) is 21.1 Å². The summed E-state index contributed by atoms with van der Waals surface area (Å²) >= 11 is 11.9. The number of carbonyl (C=O) groups is 3. The number of nitrogens with one attached hydrogen (secondary N) is 2. The number of halogens is 5. The van der Waals surface area contributed by atoms with Crippen molar-refractivity contribution < 1.29 is 32.3 Å². The highest BCUT2D eigenvalue weighted by Crippen LogP contribution is 2.45. The number of fused-ring (bicyclic) bond motifs is 3. The first-order valence-corrected chi connectivity index (χ1v) is 10.6. The normalized spacial score (nSPS) is 21.3. The smallest absolute Gasteiger partial charge is 0.375 e. The third-order valence-electron chi connectivity index (χ3n) is 5.79. The van der Waals surface area contributed by atoms with Gasteiger partial charge in [-0.2, -0.15) is 13.2 Å². The predicted molar refractivity (Wildman–Crippen MR) is 112 cm³/mol. The zero-order valence-corrected chi connectivity index (χ0v) is 18.6. The molecule has 1 aromatic heterocycles. The molecule has 1 unspecified atom stereocenters. The number of carbonyl (C=O) groups excluding carboxylic acids is 3. The molecule has 178 valence electrons. The predicted octanol–water partition coefficient (Wildman–Crippen LogP) is 2.51. The summed E-state index contributed by atoms with van der Waals surface area (Å²) in [6.07, 6.45) is -4.95. The number of nitrogens with zero attached hydrogens (tertiary/aromatic N) is 3. The van der Waals surface area contributed by atoms with Gasteiger partial charge in [-0.05, 0) is 25.0 Å². The molecule has 1 fully saturated rings. The zero-order valence-electron chi connectivity index (χ0n) is 17.1. The third kappa shape index (κ3) is 3.79. The molecule has 33 heavy (non-hydrogen) atoms. The molecule has 0 bridgehead atoms. The van der Waals surface area contributed by atoms with Gasteiger partial charge >= 0.3 is 6.18 Å². The van der Waals surface area contributed by atoms with E-state index >= 15 is 0 Å². The first-order chi connectivity index (χ1) is 15.5. The lowest BCUT2D eigenvalue weighted by Gasteiger charge is -2.35. The molecular weight excluding hydrogens is 490 g/mol. The van der Waals surface area contributed by atoms with Crippen LogP contribution >= 0.6 is 23.2 Å². The first kappa shape index (κ1) is 23.6. The summed E-state index contributed by atoms with van der Waals surface area (Å²) in [7, 11) is 1.37. The van der Waals surface area contributed by atoms with Gasteiger partial charge in [-0.15, -0.1) is 0 Å². The van der Waals surface area contributed by atoms with Crippen LogP contribution in [0.25, 0.3) is 11.0 Å². The van der Waals surface area contributed by atoms with Gasteiger partial charge in [-0.1, -0.05) is 23.2 Å². The van der Waals surface area contributed by atoms with E-state index in [1.807, 2.05) is 5.32 Å². The van der Waals surface area contributed by atoms with Crippen LogP contribution in [0.15, 0.2) is 12.1 Å². The minimum absolute atomic E-state index is 0.0401. The number of aromatic nitrogens is 2. The van der Waals surface area contributed by atoms with Crippen LogP contribution in [0.4, 0.5) is 19.1 Å². The van der Waals surface area contributed by atoms with Gasteiger partial charge in [0.2, 0.25) is 17.8 Å². The molecule has 3 amide bonds. The highest BCUT2D eigenvalue weighted by atomic mass is 35.5. The van der Waals surface area contributed by atoms with E-state index in [0.29, 0.717) is 4.57 Å². The van der Waals surface area contributed by atoms with Gasteiger partial charge in [0.25, 0.3) is 11.6 Å². The molecule has 2 aliphatic rings. The van der Waals surface area contributed by atoms with Crippen molar-refractivity contribution in [2.24, 2.45) is 5.92 Å². The Kier molecular flexibility index (Phi) is 5.95. The van der Waals surface area contributed by atoms with Gasteiger partial charge < -0.3 is 15.0 Å². The largest absolute Gasteiger partial charge is 0.440 e. The van der Waals surface area contributed by atoms with Crippen LogP contribution in [-0.4, -0.2) is 65.2 Å². The van der Waals surface area contributed by atoms with Gasteiger partial charge in [-0.3, -0.25) is 24.3 Å². The molecule has 3 heterocycles. The molecule has 1 saturated heterocycles. The molecular formula is C19H18Cl2F3N5O4. The summed E-state index contributed by atoms with van der Waals surface area (Å²) < 4.78 is 48.8. The number of rotatable bonds is 4. The van der Waals surface area contributed by atoms with Gasteiger partial charge in [0.15, 0.2) is 0 Å². The van der Waals surface area contributed by atoms with Crippen molar-refractivity contribution in [1.82, 2.24) is 19.8 Å². The Morgan fingerprint density at radius 3 is 2.52 bits per heavy atom. The highest BCUT2D eigenvalue weighted by molar-refractivity contribution is 6.42. The summed E-state index contributed by atoms with van der Waals surface area (Å²) in [5, 5.41) is 4.06. The molecule has 1 atom stereocenters. The fourth-order valence-electron chi connectivity index (χ4n) is 4.11. The van der Waals surface area contributed by atoms with Gasteiger partial charge in [-0.25, -0.2) is 4.98 Å². The number of piperidine rings is 1. The van der Waals surface area contributed by atoms with E-state index in [0.717, 1.165) is 6.07 Å². The molecule has 2 N–H and O–H groups in total. The number of ether oxygens (including phenoxy) is 1. The molecule has 0 aliphatic carbocycles. The van der Waals surface area contributed by atoms with Crippen LogP contribution in [0.2, 0.25) is 10.0 Å². The highest BCUT2D eigenvalue weighted by Gasteiger charge is 2.68. The maximum absolute atomic E-state index is 14.5. The van der Waals surface area contributed by atoms with Crippen molar-refractivity contribution in [3.8, 4) is 0 Å². The van der Waals surface area contributed by atoms with Crippen LogP contribution < -0.4 is 10.6 Å². The average molecular weight is 508 g/mol. The minimum atomic E-state index is -5.22. The van der Waals surface area contributed by atoms with Crippen LogP contribution in [-0.2, 0) is 24.8 Å². The Labute approximate surface area is 195 Å². The van der Waals surface area contributed by atoms with Crippen LogP contribution in [0.1, 0.15) is 12.8 Å². The number of imidazole rings is 1. The molecule has 1 aromatic carbocycles. The van der Waals surface area contributed by atoms with Crippen molar-refractivity contribution in [1.29, 1.82) is 0 Å². The second-order valence-corrected chi connectivity index (χ2v) is 8.58. The maximum atomic E-state index is 14.5. The zero-order chi connectivity index (χ0) is 24.1. The number of methoxy groups -OCH3 is 1.